The lowest BCUT2D eigenvalue weighted by Gasteiger charge is -2.23. The highest BCUT2D eigenvalue weighted by Crippen LogP contribution is 2.20. The van der Waals surface area contributed by atoms with Gasteiger partial charge < -0.3 is 14.4 Å². The highest BCUT2D eigenvalue weighted by atomic mass is 32.2. The second-order valence-electron chi connectivity index (χ2n) is 6.15. The summed E-state index contributed by atoms with van der Waals surface area (Å²) in [7, 11) is -0.699. The number of carbonyl (C=O) groups excluding carboxylic acids is 3. The van der Waals surface area contributed by atoms with Crippen molar-refractivity contribution in [2.24, 2.45) is 0 Å². The Morgan fingerprint density at radius 1 is 1.21 bits per heavy atom. The van der Waals surface area contributed by atoms with Gasteiger partial charge in [0.1, 0.15) is 0 Å². The summed E-state index contributed by atoms with van der Waals surface area (Å²) in [6, 6.07) is 2.41. The number of ether oxygens (including phenoxy) is 2. The summed E-state index contributed by atoms with van der Waals surface area (Å²) in [6.07, 6.45) is 0.298. The first kappa shape index (κ1) is 21.3. The quantitative estimate of drug-likeness (QED) is 0.361. The van der Waals surface area contributed by atoms with Crippen molar-refractivity contribution in [2.75, 3.05) is 32.3 Å². The smallest absolute Gasteiger partial charge is 0.338 e. The van der Waals surface area contributed by atoms with Crippen molar-refractivity contribution in [3.05, 3.63) is 39.4 Å². The van der Waals surface area contributed by atoms with Crippen molar-refractivity contribution in [2.45, 2.75) is 12.5 Å². The van der Waals surface area contributed by atoms with Crippen LogP contribution < -0.4 is 0 Å². The molecule has 1 aromatic rings. The van der Waals surface area contributed by atoms with Gasteiger partial charge in [-0.25, -0.2) is 18.0 Å². The summed E-state index contributed by atoms with van der Waals surface area (Å²) in [5.74, 6) is -2.71. The number of sulfone groups is 1. The van der Waals surface area contributed by atoms with Crippen LogP contribution in [0.5, 0.6) is 0 Å². The number of nitro benzene ring substituents is 1. The molecule has 1 aliphatic rings. The van der Waals surface area contributed by atoms with Crippen molar-refractivity contribution in [3.8, 4) is 0 Å². The van der Waals surface area contributed by atoms with Crippen LogP contribution in [0.2, 0.25) is 0 Å². The van der Waals surface area contributed by atoms with Gasteiger partial charge in [-0.3, -0.25) is 14.9 Å². The first-order valence-corrected chi connectivity index (χ1v) is 9.87. The van der Waals surface area contributed by atoms with Gasteiger partial charge in [-0.1, -0.05) is 0 Å². The zero-order valence-corrected chi connectivity index (χ0v) is 15.9. The van der Waals surface area contributed by atoms with Crippen LogP contribution in [0.25, 0.3) is 0 Å². The molecule has 152 valence electrons. The Bertz CT molecular complexity index is 926. The van der Waals surface area contributed by atoms with E-state index in [9.17, 15) is 32.9 Å². The number of non-ortho nitro benzene ring substituents is 1. The molecule has 0 saturated carbocycles. The molecular weight excluding hydrogens is 396 g/mol. The summed E-state index contributed by atoms with van der Waals surface area (Å²) in [6.45, 7) is -0.678. The van der Waals surface area contributed by atoms with E-state index in [1.54, 1.807) is 0 Å². The van der Waals surface area contributed by atoms with Crippen LogP contribution in [0.15, 0.2) is 18.2 Å². The van der Waals surface area contributed by atoms with E-state index >= 15 is 0 Å². The monoisotopic (exact) mass is 414 g/mol. The number of methoxy groups -OCH3 is 1. The Morgan fingerprint density at radius 2 is 1.82 bits per heavy atom. The molecule has 1 fully saturated rings. The maximum Gasteiger partial charge on any atom is 0.338 e. The van der Waals surface area contributed by atoms with Crippen LogP contribution in [-0.4, -0.2) is 74.4 Å². The molecule has 1 aromatic carbocycles. The third-order valence-corrected chi connectivity index (χ3v) is 6.01. The maximum absolute atomic E-state index is 12.2. The highest BCUT2D eigenvalue weighted by Gasteiger charge is 2.33. The van der Waals surface area contributed by atoms with Crippen LogP contribution in [0.1, 0.15) is 27.1 Å². The minimum absolute atomic E-state index is 0.0148. The summed E-state index contributed by atoms with van der Waals surface area (Å²) in [4.78, 5) is 47.3. The lowest BCUT2D eigenvalue weighted by Crippen LogP contribution is -2.40. The normalized spacial score (nSPS) is 17.6. The number of likely N-dealkylation sites (N-methyl/N-ethyl adjacent to an activating group) is 1. The van der Waals surface area contributed by atoms with Crippen LogP contribution in [0.3, 0.4) is 0 Å². The summed E-state index contributed by atoms with van der Waals surface area (Å²) in [5, 5.41) is 11.0. The van der Waals surface area contributed by atoms with Crippen LogP contribution in [-0.2, 0) is 24.1 Å². The van der Waals surface area contributed by atoms with Crippen molar-refractivity contribution < 1.29 is 37.2 Å². The van der Waals surface area contributed by atoms with Gasteiger partial charge in [-0.05, 0) is 12.5 Å². The molecule has 1 atom stereocenters. The van der Waals surface area contributed by atoms with Gasteiger partial charge in [-0.2, -0.15) is 0 Å². The number of amides is 1. The van der Waals surface area contributed by atoms with Gasteiger partial charge in [-0.15, -0.1) is 0 Å². The Hall–Kier alpha value is -3.02. The molecule has 0 unspecified atom stereocenters. The largest absolute Gasteiger partial charge is 0.465 e. The summed E-state index contributed by atoms with van der Waals surface area (Å²) >= 11 is 0. The number of rotatable bonds is 6. The molecule has 1 heterocycles. The average Bonchev–Trinajstić information content (AvgIpc) is 3.03. The van der Waals surface area contributed by atoms with Crippen molar-refractivity contribution >= 4 is 33.4 Å². The van der Waals surface area contributed by atoms with E-state index in [1.165, 1.54) is 11.9 Å². The van der Waals surface area contributed by atoms with Crippen LogP contribution in [0, 0.1) is 10.1 Å². The van der Waals surface area contributed by atoms with Gasteiger partial charge in [0.2, 0.25) is 0 Å². The molecule has 0 N–H and O–H groups in total. The zero-order valence-electron chi connectivity index (χ0n) is 15.1. The predicted molar refractivity (Wildman–Crippen MR) is 94.5 cm³/mol. The third-order valence-electron chi connectivity index (χ3n) is 4.26. The SMILES string of the molecule is COC(=O)c1cc(C(=O)OCC(=O)N(C)[C@@H]2CCS(=O)(=O)C2)cc([N+](=O)[O-])c1. The van der Waals surface area contributed by atoms with Gasteiger partial charge in [0.05, 0.1) is 34.7 Å². The highest BCUT2D eigenvalue weighted by molar-refractivity contribution is 7.91. The molecule has 0 aromatic heterocycles. The molecule has 11 nitrogen and oxygen atoms in total. The second-order valence-corrected chi connectivity index (χ2v) is 8.38. The third kappa shape index (κ3) is 5.03. The van der Waals surface area contributed by atoms with E-state index in [0.29, 0.717) is 6.42 Å². The number of nitro groups is 1. The van der Waals surface area contributed by atoms with Crippen molar-refractivity contribution in [1.29, 1.82) is 0 Å². The maximum atomic E-state index is 12.2. The fraction of sp³-hybridized carbons (Fsp3) is 0.438. The molecule has 12 heteroatoms. The topological polar surface area (TPSA) is 150 Å². The molecule has 0 bridgehead atoms. The lowest BCUT2D eigenvalue weighted by atomic mass is 10.1. The number of nitrogens with zero attached hydrogens (tertiary/aromatic N) is 2. The molecule has 1 aliphatic heterocycles. The molecule has 1 amide bonds. The van der Waals surface area contributed by atoms with E-state index in [-0.39, 0.29) is 22.6 Å². The lowest BCUT2D eigenvalue weighted by molar-refractivity contribution is -0.384. The Kier molecular flexibility index (Phi) is 6.33. The van der Waals surface area contributed by atoms with Crippen LogP contribution >= 0.6 is 0 Å². The van der Waals surface area contributed by atoms with E-state index in [2.05, 4.69) is 4.74 Å². The van der Waals surface area contributed by atoms with E-state index in [4.69, 9.17) is 4.74 Å². The Morgan fingerprint density at radius 3 is 2.32 bits per heavy atom. The number of hydrogen-bond acceptors (Lipinski definition) is 9. The molecule has 1 saturated heterocycles. The molecule has 28 heavy (non-hydrogen) atoms. The summed E-state index contributed by atoms with van der Waals surface area (Å²) < 4.78 is 32.4. The van der Waals surface area contributed by atoms with Crippen LogP contribution in [0.4, 0.5) is 5.69 Å². The second kappa shape index (κ2) is 8.33. The fourth-order valence-corrected chi connectivity index (χ4v) is 4.44. The standard InChI is InChI=1S/C16H18N2O9S/c1-17(12-3-4-28(24,25)9-12)14(19)8-27-16(21)11-5-10(15(20)26-2)6-13(7-11)18(22)23/h5-7,12H,3-4,8-9H2,1-2H3/t12-/m1/s1. The van der Waals surface area contributed by atoms with E-state index in [0.717, 1.165) is 25.3 Å². The molecular formula is C16H18N2O9S. The van der Waals surface area contributed by atoms with E-state index < -0.39 is 50.9 Å². The average molecular weight is 414 g/mol. The number of hydrogen-bond donors (Lipinski definition) is 0. The summed E-state index contributed by atoms with van der Waals surface area (Å²) in [5.41, 5.74) is -1.04. The molecule has 2 rings (SSSR count). The molecule has 0 radical (unpaired) electrons. The number of benzene rings is 1. The first-order chi connectivity index (χ1) is 13.0. The Labute approximate surface area is 160 Å². The first-order valence-electron chi connectivity index (χ1n) is 8.05. The molecule has 0 spiro atoms. The van der Waals surface area contributed by atoms with Crippen molar-refractivity contribution in [1.82, 2.24) is 4.90 Å². The predicted octanol–water partition coefficient (Wildman–Crippen LogP) is 0.184. The minimum Gasteiger partial charge on any atom is -0.465 e. The zero-order chi connectivity index (χ0) is 21.1. The van der Waals surface area contributed by atoms with Crippen molar-refractivity contribution in [3.63, 3.8) is 0 Å². The number of esters is 2. The molecule has 0 aliphatic carbocycles. The Balaban J connectivity index is 2.08. The van der Waals surface area contributed by atoms with Gasteiger partial charge in [0, 0.05) is 25.2 Å². The van der Waals surface area contributed by atoms with Gasteiger partial charge in [0.25, 0.3) is 11.6 Å². The van der Waals surface area contributed by atoms with Gasteiger partial charge in [0.15, 0.2) is 16.4 Å². The fourth-order valence-electron chi connectivity index (χ4n) is 2.67. The number of carbonyl (C=O) groups is 3. The van der Waals surface area contributed by atoms with Gasteiger partial charge >= 0.3 is 11.9 Å². The van der Waals surface area contributed by atoms with E-state index in [1.807, 2.05) is 0 Å². The minimum atomic E-state index is -3.19.